The van der Waals surface area contributed by atoms with E-state index in [2.05, 4.69) is 62.4 Å². The molecule has 0 fully saturated rings. The van der Waals surface area contributed by atoms with Gasteiger partial charge in [0.15, 0.2) is 0 Å². The van der Waals surface area contributed by atoms with Gasteiger partial charge >= 0.3 is 0 Å². The highest BCUT2D eigenvalue weighted by Crippen LogP contribution is 2.46. The first-order chi connectivity index (χ1) is 8.77. The molecule has 0 aromatic heterocycles. The SMILES string of the molecule is CC(C)CCC1c2ccccc2-c2ccccc21. The largest absolute Gasteiger partial charge is 0.0628 e. The second-order valence-electron chi connectivity index (χ2n) is 5.70. The summed E-state index contributed by atoms with van der Waals surface area (Å²) in [6.07, 6.45) is 2.57. The molecule has 18 heavy (non-hydrogen) atoms. The fourth-order valence-electron chi connectivity index (χ4n) is 3.07. The molecular weight excluding hydrogens is 216 g/mol. The van der Waals surface area contributed by atoms with E-state index in [-0.39, 0.29) is 0 Å². The second kappa shape index (κ2) is 4.61. The van der Waals surface area contributed by atoms with Crippen LogP contribution in [0.1, 0.15) is 43.7 Å². The Morgan fingerprint density at radius 1 is 0.833 bits per heavy atom. The summed E-state index contributed by atoms with van der Waals surface area (Å²) in [4.78, 5) is 0. The van der Waals surface area contributed by atoms with E-state index in [1.165, 1.54) is 35.1 Å². The Labute approximate surface area is 110 Å². The summed E-state index contributed by atoms with van der Waals surface area (Å²) in [5, 5.41) is 0. The highest BCUT2D eigenvalue weighted by molar-refractivity contribution is 5.78. The standard InChI is InChI=1S/C18H20/c1-13(2)11-12-18-16-9-5-3-7-14(16)15-8-4-6-10-17(15)18/h3-10,13,18H,11-12H2,1-2H3. The summed E-state index contributed by atoms with van der Waals surface area (Å²) >= 11 is 0. The van der Waals surface area contributed by atoms with Crippen molar-refractivity contribution in [3.05, 3.63) is 59.7 Å². The average Bonchev–Trinajstić information content (AvgIpc) is 2.71. The lowest BCUT2D eigenvalue weighted by Crippen LogP contribution is -1.99. The lowest BCUT2D eigenvalue weighted by Gasteiger charge is -2.14. The molecule has 0 N–H and O–H groups in total. The number of benzene rings is 2. The van der Waals surface area contributed by atoms with Crippen molar-refractivity contribution in [1.82, 2.24) is 0 Å². The molecule has 0 radical (unpaired) electrons. The molecule has 0 spiro atoms. The predicted molar refractivity (Wildman–Crippen MR) is 77.8 cm³/mol. The van der Waals surface area contributed by atoms with Gasteiger partial charge in [0, 0.05) is 5.92 Å². The molecule has 0 atom stereocenters. The fourth-order valence-corrected chi connectivity index (χ4v) is 3.07. The Morgan fingerprint density at radius 2 is 1.33 bits per heavy atom. The van der Waals surface area contributed by atoms with Gasteiger partial charge in [-0.2, -0.15) is 0 Å². The molecule has 2 aromatic rings. The first kappa shape index (κ1) is 11.5. The minimum atomic E-state index is 0.611. The second-order valence-corrected chi connectivity index (χ2v) is 5.70. The molecule has 92 valence electrons. The van der Waals surface area contributed by atoms with Crippen molar-refractivity contribution in [1.29, 1.82) is 0 Å². The third-order valence-electron chi connectivity index (χ3n) is 4.00. The molecule has 0 heterocycles. The Kier molecular flexibility index (Phi) is 2.95. The summed E-state index contributed by atoms with van der Waals surface area (Å²) < 4.78 is 0. The van der Waals surface area contributed by atoms with Gasteiger partial charge in [0.05, 0.1) is 0 Å². The Morgan fingerprint density at radius 3 is 1.83 bits per heavy atom. The minimum Gasteiger partial charge on any atom is -0.0628 e. The molecule has 0 unspecified atom stereocenters. The van der Waals surface area contributed by atoms with E-state index in [1.54, 1.807) is 0 Å². The van der Waals surface area contributed by atoms with Crippen molar-refractivity contribution in [2.24, 2.45) is 5.92 Å². The summed E-state index contributed by atoms with van der Waals surface area (Å²) in [6, 6.07) is 17.8. The maximum absolute atomic E-state index is 2.31. The van der Waals surface area contributed by atoms with Gasteiger partial charge < -0.3 is 0 Å². The van der Waals surface area contributed by atoms with Gasteiger partial charge in [0.1, 0.15) is 0 Å². The fraction of sp³-hybridized carbons (Fsp3) is 0.333. The first-order valence-corrected chi connectivity index (χ1v) is 6.95. The van der Waals surface area contributed by atoms with Crippen LogP contribution in [0.5, 0.6) is 0 Å². The maximum atomic E-state index is 2.31. The molecule has 0 amide bonds. The van der Waals surface area contributed by atoms with Gasteiger partial charge in [-0.05, 0) is 34.6 Å². The lowest BCUT2D eigenvalue weighted by atomic mass is 9.90. The zero-order chi connectivity index (χ0) is 12.5. The summed E-state index contributed by atoms with van der Waals surface area (Å²) in [7, 11) is 0. The highest BCUT2D eigenvalue weighted by atomic mass is 14.3. The Hall–Kier alpha value is -1.56. The molecule has 0 nitrogen and oxygen atoms in total. The average molecular weight is 236 g/mol. The van der Waals surface area contributed by atoms with Crippen LogP contribution >= 0.6 is 0 Å². The Bertz CT molecular complexity index is 506. The van der Waals surface area contributed by atoms with E-state index < -0.39 is 0 Å². The number of rotatable bonds is 3. The molecular formula is C18H20. The van der Waals surface area contributed by atoms with Gasteiger partial charge in [-0.15, -0.1) is 0 Å². The number of fused-ring (bicyclic) bond motifs is 3. The first-order valence-electron chi connectivity index (χ1n) is 6.95. The van der Waals surface area contributed by atoms with Gasteiger partial charge in [-0.1, -0.05) is 68.8 Å². The van der Waals surface area contributed by atoms with Crippen molar-refractivity contribution in [3.8, 4) is 11.1 Å². The van der Waals surface area contributed by atoms with Crippen molar-refractivity contribution >= 4 is 0 Å². The van der Waals surface area contributed by atoms with Crippen molar-refractivity contribution in [2.75, 3.05) is 0 Å². The molecule has 1 aliphatic rings. The third-order valence-corrected chi connectivity index (χ3v) is 4.00. The van der Waals surface area contributed by atoms with Gasteiger partial charge in [-0.3, -0.25) is 0 Å². The van der Waals surface area contributed by atoms with Crippen LogP contribution in [0.2, 0.25) is 0 Å². The van der Waals surface area contributed by atoms with Crippen LogP contribution in [0.3, 0.4) is 0 Å². The van der Waals surface area contributed by atoms with E-state index in [0.717, 1.165) is 5.92 Å². The van der Waals surface area contributed by atoms with E-state index >= 15 is 0 Å². The molecule has 0 saturated carbocycles. The van der Waals surface area contributed by atoms with Crippen LogP contribution in [0.4, 0.5) is 0 Å². The van der Waals surface area contributed by atoms with E-state index in [9.17, 15) is 0 Å². The minimum absolute atomic E-state index is 0.611. The van der Waals surface area contributed by atoms with Crippen LogP contribution in [0, 0.1) is 5.92 Å². The molecule has 0 saturated heterocycles. The third kappa shape index (κ3) is 1.86. The Balaban J connectivity index is 2.03. The molecule has 1 aliphatic carbocycles. The predicted octanol–water partition coefficient (Wildman–Crippen LogP) is 5.24. The zero-order valence-corrected chi connectivity index (χ0v) is 11.2. The van der Waals surface area contributed by atoms with Gasteiger partial charge in [0.25, 0.3) is 0 Å². The molecule has 2 aromatic carbocycles. The summed E-state index contributed by atoms with van der Waals surface area (Å²) in [6.45, 7) is 4.62. The van der Waals surface area contributed by atoms with Crippen molar-refractivity contribution in [2.45, 2.75) is 32.6 Å². The lowest BCUT2D eigenvalue weighted by molar-refractivity contribution is 0.532. The normalized spacial score (nSPS) is 13.7. The van der Waals surface area contributed by atoms with Crippen LogP contribution in [-0.2, 0) is 0 Å². The van der Waals surface area contributed by atoms with Crippen molar-refractivity contribution in [3.63, 3.8) is 0 Å². The van der Waals surface area contributed by atoms with E-state index in [0.29, 0.717) is 5.92 Å². The molecule has 0 bridgehead atoms. The quantitative estimate of drug-likeness (QED) is 0.684. The summed E-state index contributed by atoms with van der Waals surface area (Å²) in [5.74, 6) is 1.39. The van der Waals surface area contributed by atoms with E-state index in [1.807, 2.05) is 0 Å². The number of hydrogen-bond donors (Lipinski definition) is 0. The van der Waals surface area contributed by atoms with Crippen molar-refractivity contribution < 1.29 is 0 Å². The smallest absolute Gasteiger partial charge is 0.0102 e. The number of hydrogen-bond acceptors (Lipinski definition) is 0. The van der Waals surface area contributed by atoms with Gasteiger partial charge in [0.2, 0.25) is 0 Å². The maximum Gasteiger partial charge on any atom is 0.0102 e. The van der Waals surface area contributed by atoms with Crippen LogP contribution in [0.25, 0.3) is 11.1 Å². The monoisotopic (exact) mass is 236 g/mol. The van der Waals surface area contributed by atoms with Crippen LogP contribution in [0.15, 0.2) is 48.5 Å². The molecule has 0 aliphatic heterocycles. The summed E-state index contributed by atoms with van der Waals surface area (Å²) in [5.41, 5.74) is 5.95. The zero-order valence-electron chi connectivity index (χ0n) is 11.2. The van der Waals surface area contributed by atoms with Gasteiger partial charge in [-0.25, -0.2) is 0 Å². The topological polar surface area (TPSA) is 0 Å². The van der Waals surface area contributed by atoms with Crippen LogP contribution in [-0.4, -0.2) is 0 Å². The highest BCUT2D eigenvalue weighted by Gasteiger charge is 2.27. The molecule has 0 heteroatoms. The molecule has 3 rings (SSSR count). The van der Waals surface area contributed by atoms with E-state index in [4.69, 9.17) is 0 Å². The van der Waals surface area contributed by atoms with Crippen LogP contribution < -0.4 is 0 Å².